The van der Waals surface area contributed by atoms with Crippen molar-refractivity contribution in [3.05, 3.63) is 53.1 Å². The molecule has 1 heterocycles. The monoisotopic (exact) mass is 383 g/mol. The lowest BCUT2D eigenvalue weighted by molar-refractivity contribution is -0.130. The van der Waals surface area contributed by atoms with Crippen LogP contribution in [0.5, 0.6) is 5.75 Å². The molecule has 1 aliphatic rings. The summed E-state index contributed by atoms with van der Waals surface area (Å²) in [6.07, 6.45) is -0.895. The Hall–Kier alpha value is -3.04. The topological polar surface area (TPSA) is 82.4 Å². The molecule has 0 fully saturated rings. The zero-order chi connectivity index (χ0) is 19.8. The van der Waals surface area contributed by atoms with Crippen molar-refractivity contribution in [2.24, 2.45) is 0 Å². The molecule has 0 aromatic heterocycles. The van der Waals surface area contributed by atoms with Gasteiger partial charge in [-0.1, -0.05) is 23.7 Å². The molecule has 7 heteroatoms. The second-order valence-electron chi connectivity index (χ2n) is 6.72. The number of benzene rings is 2. The van der Waals surface area contributed by atoms with Crippen LogP contribution in [0.2, 0.25) is 5.02 Å². The lowest BCUT2D eigenvalue weighted by atomic mass is 9.95. The predicted octanol–water partition coefficient (Wildman–Crippen LogP) is 3.74. The van der Waals surface area contributed by atoms with E-state index in [1.54, 1.807) is 57.2 Å². The molecule has 6 nitrogen and oxygen atoms in total. The van der Waals surface area contributed by atoms with E-state index < -0.39 is 11.6 Å². The second kappa shape index (κ2) is 6.93. The van der Waals surface area contributed by atoms with E-state index in [9.17, 15) is 9.59 Å². The molecule has 2 amide bonds. The summed E-state index contributed by atoms with van der Waals surface area (Å²) >= 11 is 6.14. The standard InChI is InChI=1S/C20H18ClN3O3/c1-12(27-17-9-8-13(11-22)10-14(17)21)18(25)24-16-7-5-4-6-15(16)23-19(26)20(24,2)3/h4-10,12H,1-3H3,(H,23,26)/t12-/m1/s1. The maximum atomic E-state index is 13.2. The van der Waals surface area contributed by atoms with Crippen molar-refractivity contribution in [3.63, 3.8) is 0 Å². The van der Waals surface area contributed by atoms with E-state index in [4.69, 9.17) is 21.6 Å². The third kappa shape index (κ3) is 3.34. The summed E-state index contributed by atoms with van der Waals surface area (Å²) < 4.78 is 5.74. The maximum Gasteiger partial charge on any atom is 0.268 e. The fourth-order valence-corrected chi connectivity index (χ4v) is 3.16. The first kappa shape index (κ1) is 18.7. The van der Waals surface area contributed by atoms with Gasteiger partial charge in [0, 0.05) is 0 Å². The van der Waals surface area contributed by atoms with Gasteiger partial charge in [0.1, 0.15) is 11.3 Å². The van der Waals surface area contributed by atoms with Crippen LogP contribution in [-0.4, -0.2) is 23.5 Å². The van der Waals surface area contributed by atoms with Gasteiger partial charge in [-0.25, -0.2) is 0 Å². The smallest absolute Gasteiger partial charge is 0.268 e. The Kier molecular flexibility index (Phi) is 4.81. The van der Waals surface area contributed by atoms with E-state index in [-0.39, 0.29) is 16.8 Å². The summed E-state index contributed by atoms with van der Waals surface area (Å²) in [5.74, 6) is -0.357. The predicted molar refractivity (Wildman–Crippen MR) is 103 cm³/mol. The van der Waals surface area contributed by atoms with Crippen LogP contribution < -0.4 is 15.0 Å². The van der Waals surface area contributed by atoms with Crippen LogP contribution in [0.4, 0.5) is 11.4 Å². The summed E-state index contributed by atoms with van der Waals surface area (Å²) in [4.78, 5) is 27.1. The van der Waals surface area contributed by atoms with Crippen LogP contribution in [0.3, 0.4) is 0 Å². The number of rotatable bonds is 3. The van der Waals surface area contributed by atoms with Crippen molar-refractivity contribution in [1.82, 2.24) is 0 Å². The van der Waals surface area contributed by atoms with Gasteiger partial charge < -0.3 is 10.1 Å². The van der Waals surface area contributed by atoms with Crippen molar-refractivity contribution in [3.8, 4) is 11.8 Å². The van der Waals surface area contributed by atoms with Gasteiger partial charge in [0.15, 0.2) is 6.10 Å². The SMILES string of the molecule is C[C@@H](Oc1ccc(C#N)cc1Cl)C(=O)N1c2ccccc2NC(=O)C1(C)C. The summed E-state index contributed by atoms with van der Waals surface area (Å²) in [7, 11) is 0. The van der Waals surface area contributed by atoms with E-state index in [0.29, 0.717) is 22.7 Å². The van der Waals surface area contributed by atoms with Gasteiger partial charge in [-0.05, 0) is 51.1 Å². The highest BCUT2D eigenvalue weighted by atomic mass is 35.5. The molecule has 1 aliphatic heterocycles. The molecule has 27 heavy (non-hydrogen) atoms. The first-order chi connectivity index (χ1) is 12.8. The third-order valence-electron chi connectivity index (χ3n) is 4.44. The van der Waals surface area contributed by atoms with Crippen molar-refractivity contribution < 1.29 is 14.3 Å². The van der Waals surface area contributed by atoms with Gasteiger partial charge >= 0.3 is 0 Å². The zero-order valence-electron chi connectivity index (χ0n) is 15.1. The number of nitriles is 1. The molecule has 1 atom stereocenters. The number of amides is 2. The fourth-order valence-electron chi connectivity index (χ4n) is 2.94. The highest BCUT2D eigenvalue weighted by Crippen LogP contribution is 2.37. The quantitative estimate of drug-likeness (QED) is 0.875. The average Bonchev–Trinajstić information content (AvgIpc) is 2.63. The highest BCUT2D eigenvalue weighted by molar-refractivity contribution is 6.32. The number of nitrogens with one attached hydrogen (secondary N) is 1. The second-order valence-corrected chi connectivity index (χ2v) is 7.13. The number of halogens is 1. The highest BCUT2D eigenvalue weighted by Gasteiger charge is 2.45. The molecular formula is C20H18ClN3O3. The Bertz CT molecular complexity index is 965. The van der Waals surface area contributed by atoms with Crippen molar-refractivity contribution >= 4 is 34.8 Å². The van der Waals surface area contributed by atoms with Crippen LogP contribution >= 0.6 is 11.6 Å². The third-order valence-corrected chi connectivity index (χ3v) is 4.74. The summed E-state index contributed by atoms with van der Waals surface area (Å²) in [5.41, 5.74) is 0.485. The molecule has 0 saturated heterocycles. The molecule has 138 valence electrons. The molecule has 0 unspecified atom stereocenters. The molecular weight excluding hydrogens is 366 g/mol. The lowest BCUT2D eigenvalue weighted by Crippen LogP contribution is -2.60. The van der Waals surface area contributed by atoms with E-state index in [1.807, 2.05) is 6.07 Å². The number of ether oxygens (including phenoxy) is 1. The number of hydrogen-bond acceptors (Lipinski definition) is 4. The fraction of sp³-hybridized carbons (Fsp3) is 0.250. The molecule has 0 radical (unpaired) electrons. The van der Waals surface area contributed by atoms with Gasteiger partial charge in [0.05, 0.1) is 28.0 Å². The van der Waals surface area contributed by atoms with Crippen LogP contribution in [0, 0.1) is 11.3 Å². The van der Waals surface area contributed by atoms with Gasteiger partial charge in [-0.3, -0.25) is 14.5 Å². The Morgan fingerprint density at radius 3 is 2.67 bits per heavy atom. The minimum atomic E-state index is -1.09. The first-order valence-corrected chi connectivity index (χ1v) is 8.74. The summed E-state index contributed by atoms with van der Waals surface area (Å²) in [6, 6.07) is 13.7. The molecule has 0 bridgehead atoms. The van der Waals surface area contributed by atoms with Gasteiger partial charge in [0.2, 0.25) is 5.91 Å². The Morgan fingerprint density at radius 2 is 2.00 bits per heavy atom. The molecule has 0 aliphatic carbocycles. The molecule has 0 spiro atoms. The maximum absolute atomic E-state index is 13.2. The van der Waals surface area contributed by atoms with Crippen LogP contribution in [-0.2, 0) is 9.59 Å². The normalized spacial score (nSPS) is 16.0. The van der Waals surface area contributed by atoms with Crippen molar-refractivity contribution in [2.75, 3.05) is 10.2 Å². The number of carbonyl (C=O) groups excluding carboxylic acids is 2. The summed E-state index contributed by atoms with van der Waals surface area (Å²) in [5, 5.41) is 12.0. The van der Waals surface area contributed by atoms with Gasteiger partial charge in [0.25, 0.3) is 5.91 Å². The lowest BCUT2D eigenvalue weighted by Gasteiger charge is -2.42. The molecule has 3 rings (SSSR count). The summed E-state index contributed by atoms with van der Waals surface area (Å²) in [6.45, 7) is 4.96. The first-order valence-electron chi connectivity index (χ1n) is 8.36. The van der Waals surface area contributed by atoms with Crippen molar-refractivity contribution in [1.29, 1.82) is 5.26 Å². The number of para-hydroxylation sites is 2. The van der Waals surface area contributed by atoms with E-state index >= 15 is 0 Å². The van der Waals surface area contributed by atoms with Crippen LogP contribution in [0.25, 0.3) is 0 Å². The van der Waals surface area contributed by atoms with Crippen LogP contribution in [0.15, 0.2) is 42.5 Å². The number of anilines is 2. The zero-order valence-corrected chi connectivity index (χ0v) is 15.9. The Labute approximate surface area is 162 Å². The van der Waals surface area contributed by atoms with E-state index in [1.165, 1.54) is 11.0 Å². The van der Waals surface area contributed by atoms with Gasteiger partial charge in [-0.15, -0.1) is 0 Å². The average molecular weight is 384 g/mol. The molecule has 2 aromatic carbocycles. The van der Waals surface area contributed by atoms with Gasteiger partial charge in [-0.2, -0.15) is 5.26 Å². The molecule has 2 aromatic rings. The van der Waals surface area contributed by atoms with Crippen molar-refractivity contribution in [2.45, 2.75) is 32.4 Å². The number of nitrogens with zero attached hydrogens (tertiary/aromatic N) is 2. The largest absolute Gasteiger partial charge is 0.479 e. The number of fused-ring (bicyclic) bond motifs is 1. The number of carbonyl (C=O) groups is 2. The molecule has 0 saturated carbocycles. The minimum absolute atomic E-state index is 0.241. The minimum Gasteiger partial charge on any atom is -0.479 e. The Balaban J connectivity index is 1.92. The Morgan fingerprint density at radius 1 is 1.30 bits per heavy atom. The molecule has 1 N–H and O–H groups in total. The van der Waals surface area contributed by atoms with Crippen LogP contribution in [0.1, 0.15) is 26.3 Å². The number of hydrogen-bond donors (Lipinski definition) is 1. The van der Waals surface area contributed by atoms with E-state index in [2.05, 4.69) is 5.32 Å². The van der Waals surface area contributed by atoms with E-state index in [0.717, 1.165) is 0 Å².